The first kappa shape index (κ1) is 22.1. The summed E-state index contributed by atoms with van der Waals surface area (Å²) in [5, 5.41) is 6.25. The van der Waals surface area contributed by atoms with Gasteiger partial charge in [-0.3, -0.25) is 9.59 Å². The Balaban J connectivity index is 1.43. The molecule has 2 N–H and O–H groups in total. The molecule has 0 bridgehead atoms. The Bertz CT molecular complexity index is 1060. The maximum atomic E-state index is 12.5. The number of carbonyl (C=O) groups is 2. The van der Waals surface area contributed by atoms with Gasteiger partial charge in [0.15, 0.2) is 5.16 Å². The largest absolute Gasteiger partial charge is 0.376 e. The number of hydrogen-bond donors (Lipinski definition) is 2. The molecular weight excluding hydrogens is 424 g/mol. The minimum atomic E-state index is -0.161. The van der Waals surface area contributed by atoms with Crippen molar-refractivity contribution < 1.29 is 14.3 Å². The van der Waals surface area contributed by atoms with Gasteiger partial charge in [0.1, 0.15) is 0 Å². The Morgan fingerprint density at radius 1 is 1.16 bits per heavy atom. The highest BCUT2D eigenvalue weighted by atomic mass is 32.2. The SMILES string of the molecule is CNC(=O)c1ccc(NC(=O)CSc2ncc(-c3ccccc3)n2C[C@@H]2CCCO2)cc1. The van der Waals surface area contributed by atoms with Crippen molar-refractivity contribution in [3.8, 4) is 11.3 Å². The Morgan fingerprint density at radius 2 is 1.94 bits per heavy atom. The quantitative estimate of drug-likeness (QED) is 0.510. The van der Waals surface area contributed by atoms with Crippen LogP contribution in [0.3, 0.4) is 0 Å². The monoisotopic (exact) mass is 450 g/mol. The fourth-order valence-corrected chi connectivity index (χ4v) is 4.45. The number of imidazole rings is 1. The number of carbonyl (C=O) groups excluding carboxylic acids is 2. The lowest BCUT2D eigenvalue weighted by Crippen LogP contribution is -2.19. The topological polar surface area (TPSA) is 85.3 Å². The number of amides is 2. The third-order valence-electron chi connectivity index (χ3n) is 5.29. The zero-order valence-electron chi connectivity index (χ0n) is 17.9. The lowest BCUT2D eigenvalue weighted by Gasteiger charge is -2.16. The fraction of sp³-hybridized carbons (Fsp3) is 0.292. The molecule has 1 atom stereocenters. The van der Waals surface area contributed by atoms with Crippen LogP contribution in [0, 0.1) is 0 Å². The summed E-state index contributed by atoms with van der Waals surface area (Å²) in [5.41, 5.74) is 3.31. The van der Waals surface area contributed by atoms with E-state index in [0.29, 0.717) is 11.3 Å². The smallest absolute Gasteiger partial charge is 0.251 e. The molecule has 0 spiro atoms. The molecular formula is C24H26N4O3S. The van der Waals surface area contributed by atoms with Crippen LogP contribution in [0.5, 0.6) is 0 Å². The molecule has 0 aliphatic carbocycles. The van der Waals surface area contributed by atoms with Crippen LogP contribution in [0.1, 0.15) is 23.2 Å². The van der Waals surface area contributed by atoms with Crippen molar-refractivity contribution in [1.82, 2.24) is 14.9 Å². The lowest BCUT2D eigenvalue weighted by molar-refractivity contribution is -0.113. The summed E-state index contributed by atoms with van der Waals surface area (Å²) in [4.78, 5) is 28.8. The second kappa shape index (κ2) is 10.5. The summed E-state index contributed by atoms with van der Waals surface area (Å²) in [6.07, 6.45) is 4.13. The number of nitrogens with zero attached hydrogens (tertiary/aromatic N) is 2. The third kappa shape index (κ3) is 5.38. The van der Waals surface area contributed by atoms with Gasteiger partial charge in [0.25, 0.3) is 5.91 Å². The standard InChI is InChI=1S/C24H26N4O3S/c1-25-23(30)18-9-11-19(12-10-18)27-22(29)16-32-24-26-14-21(17-6-3-2-4-7-17)28(24)15-20-8-5-13-31-20/h2-4,6-7,9-12,14,20H,5,8,13,15-16H2,1H3,(H,25,30)(H,27,29)/t20-/m0/s1. The van der Waals surface area contributed by atoms with Crippen LogP contribution in [-0.4, -0.2) is 46.9 Å². The van der Waals surface area contributed by atoms with Gasteiger partial charge < -0.3 is 19.9 Å². The van der Waals surface area contributed by atoms with Crippen LogP contribution in [0.15, 0.2) is 66.0 Å². The molecule has 1 aromatic heterocycles. The van der Waals surface area contributed by atoms with E-state index in [1.165, 1.54) is 11.8 Å². The van der Waals surface area contributed by atoms with Gasteiger partial charge in [-0.1, -0.05) is 42.1 Å². The molecule has 1 aliphatic rings. The molecule has 2 heterocycles. The number of rotatable bonds is 8. The summed E-state index contributed by atoms with van der Waals surface area (Å²) < 4.78 is 8.00. The minimum Gasteiger partial charge on any atom is -0.376 e. The van der Waals surface area contributed by atoms with Gasteiger partial charge in [0.2, 0.25) is 5.91 Å². The van der Waals surface area contributed by atoms with E-state index >= 15 is 0 Å². The zero-order chi connectivity index (χ0) is 22.3. The van der Waals surface area contributed by atoms with E-state index in [0.717, 1.165) is 42.4 Å². The highest BCUT2D eigenvalue weighted by Crippen LogP contribution is 2.28. The van der Waals surface area contributed by atoms with Crippen molar-refractivity contribution in [2.24, 2.45) is 0 Å². The van der Waals surface area contributed by atoms with Crippen molar-refractivity contribution in [3.63, 3.8) is 0 Å². The molecule has 2 amide bonds. The summed E-state index contributed by atoms with van der Waals surface area (Å²) in [7, 11) is 1.58. The number of ether oxygens (including phenoxy) is 1. The van der Waals surface area contributed by atoms with E-state index in [-0.39, 0.29) is 23.7 Å². The van der Waals surface area contributed by atoms with Gasteiger partial charge in [0, 0.05) is 24.9 Å². The average Bonchev–Trinajstić information content (AvgIpc) is 3.49. The van der Waals surface area contributed by atoms with Crippen LogP contribution in [0.4, 0.5) is 5.69 Å². The summed E-state index contributed by atoms with van der Waals surface area (Å²) in [6, 6.07) is 16.9. The number of hydrogen-bond acceptors (Lipinski definition) is 5. The van der Waals surface area contributed by atoms with Crippen LogP contribution < -0.4 is 10.6 Å². The minimum absolute atomic E-state index is 0.129. The summed E-state index contributed by atoms with van der Waals surface area (Å²) in [5.74, 6) is -0.0603. The fourth-order valence-electron chi connectivity index (χ4n) is 3.66. The third-order valence-corrected chi connectivity index (χ3v) is 6.28. The average molecular weight is 451 g/mol. The molecule has 32 heavy (non-hydrogen) atoms. The van der Waals surface area contributed by atoms with E-state index < -0.39 is 0 Å². The molecule has 7 nitrogen and oxygen atoms in total. The van der Waals surface area contributed by atoms with Crippen molar-refractivity contribution in [1.29, 1.82) is 0 Å². The molecule has 0 unspecified atom stereocenters. The van der Waals surface area contributed by atoms with Gasteiger partial charge in [-0.25, -0.2) is 4.98 Å². The number of nitrogens with one attached hydrogen (secondary N) is 2. The van der Waals surface area contributed by atoms with Gasteiger partial charge in [-0.05, 0) is 42.7 Å². The predicted octanol–water partition coefficient (Wildman–Crippen LogP) is 3.82. The molecule has 1 saturated heterocycles. The summed E-state index contributed by atoms with van der Waals surface area (Å²) in [6.45, 7) is 1.51. The van der Waals surface area contributed by atoms with Crippen molar-refractivity contribution in [3.05, 3.63) is 66.4 Å². The molecule has 3 aromatic rings. The van der Waals surface area contributed by atoms with E-state index in [2.05, 4.69) is 32.3 Å². The number of aromatic nitrogens is 2. The van der Waals surface area contributed by atoms with Crippen LogP contribution in [0.25, 0.3) is 11.3 Å². The summed E-state index contributed by atoms with van der Waals surface area (Å²) >= 11 is 1.41. The Hall–Kier alpha value is -3.10. The van der Waals surface area contributed by atoms with Crippen LogP contribution >= 0.6 is 11.8 Å². The Kier molecular flexibility index (Phi) is 7.24. The van der Waals surface area contributed by atoms with E-state index in [1.54, 1.807) is 31.3 Å². The molecule has 4 rings (SSSR count). The maximum absolute atomic E-state index is 12.5. The molecule has 8 heteroatoms. The molecule has 0 radical (unpaired) electrons. The number of thioether (sulfide) groups is 1. The normalized spacial score (nSPS) is 15.5. The second-order valence-corrected chi connectivity index (χ2v) is 8.47. The molecule has 166 valence electrons. The van der Waals surface area contributed by atoms with Gasteiger partial charge in [0.05, 0.1) is 30.3 Å². The van der Waals surface area contributed by atoms with Crippen molar-refractivity contribution in [2.75, 3.05) is 24.7 Å². The molecule has 1 fully saturated rings. The van der Waals surface area contributed by atoms with Crippen molar-refractivity contribution in [2.45, 2.75) is 30.6 Å². The first-order valence-electron chi connectivity index (χ1n) is 10.6. The molecule has 1 aliphatic heterocycles. The highest BCUT2D eigenvalue weighted by Gasteiger charge is 2.21. The zero-order valence-corrected chi connectivity index (χ0v) is 18.7. The molecule has 0 saturated carbocycles. The van der Waals surface area contributed by atoms with E-state index in [1.807, 2.05) is 24.4 Å². The number of benzene rings is 2. The van der Waals surface area contributed by atoms with E-state index in [9.17, 15) is 9.59 Å². The van der Waals surface area contributed by atoms with Gasteiger partial charge in [-0.2, -0.15) is 0 Å². The first-order chi connectivity index (χ1) is 15.6. The van der Waals surface area contributed by atoms with Crippen molar-refractivity contribution >= 4 is 29.3 Å². The Labute approximate surface area is 191 Å². The highest BCUT2D eigenvalue weighted by molar-refractivity contribution is 7.99. The lowest BCUT2D eigenvalue weighted by atomic mass is 10.1. The van der Waals surface area contributed by atoms with Crippen LogP contribution in [-0.2, 0) is 16.1 Å². The molecule has 2 aromatic carbocycles. The first-order valence-corrected chi connectivity index (χ1v) is 11.6. The van der Waals surface area contributed by atoms with Gasteiger partial charge >= 0.3 is 0 Å². The van der Waals surface area contributed by atoms with E-state index in [4.69, 9.17) is 4.74 Å². The Morgan fingerprint density at radius 3 is 2.62 bits per heavy atom. The van der Waals surface area contributed by atoms with Crippen LogP contribution in [0.2, 0.25) is 0 Å². The maximum Gasteiger partial charge on any atom is 0.251 e. The van der Waals surface area contributed by atoms with Gasteiger partial charge in [-0.15, -0.1) is 0 Å². The second-order valence-electron chi connectivity index (χ2n) is 7.53. The predicted molar refractivity (Wildman–Crippen MR) is 126 cm³/mol. The number of anilines is 1.